The molecule has 1 amide bonds. The van der Waals surface area contributed by atoms with E-state index in [1.807, 2.05) is 79.0 Å². The molecule has 3 aromatic carbocycles. The van der Waals surface area contributed by atoms with Crippen molar-refractivity contribution in [2.24, 2.45) is 0 Å². The maximum atomic E-state index is 13.3. The lowest BCUT2D eigenvalue weighted by Crippen LogP contribution is -2.28. The maximum Gasteiger partial charge on any atom is 0.295 e. The number of Topliss-reactive ketones (excluding diaryl/α,β-unsaturated/α-hetero) is 1. The predicted molar refractivity (Wildman–Crippen MR) is 147 cm³/mol. The zero-order valence-corrected chi connectivity index (χ0v) is 21.9. The first-order chi connectivity index (χ1) is 18.5. The highest BCUT2D eigenvalue weighted by molar-refractivity contribution is 7.10. The van der Waals surface area contributed by atoms with Gasteiger partial charge in [0.2, 0.25) is 0 Å². The number of likely N-dealkylation sites (tertiary alicyclic amines) is 1. The lowest BCUT2D eigenvalue weighted by molar-refractivity contribution is -0.140. The number of methoxy groups -OCH3 is 1. The molecule has 1 N–H and O–H groups in total. The highest BCUT2D eigenvalue weighted by Gasteiger charge is 2.46. The summed E-state index contributed by atoms with van der Waals surface area (Å²) in [5.74, 6) is -0.147. The summed E-state index contributed by atoms with van der Waals surface area (Å²) in [6, 6.07) is 25.5. The minimum Gasteiger partial charge on any atom is -0.507 e. The van der Waals surface area contributed by atoms with Gasteiger partial charge in [-0.05, 0) is 65.4 Å². The number of aryl methyl sites for hydroxylation is 1. The minimum atomic E-state index is -0.698. The number of hydrogen-bond acceptors (Lipinski definition) is 6. The summed E-state index contributed by atoms with van der Waals surface area (Å²) >= 11 is 1.44. The number of aliphatic hydroxyl groups is 1. The Morgan fingerprint density at radius 3 is 2.37 bits per heavy atom. The first-order valence-electron chi connectivity index (χ1n) is 12.2. The number of thiophene rings is 1. The smallest absolute Gasteiger partial charge is 0.295 e. The van der Waals surface area contributed by atoms with Crippen LogP contribution in [0.4, 0.5) is 0 Å². The molecule has 38 heavy (non-hydrogen) atoms. The zero-order valence-electron chi connectivity index (χ0n) is 21.1. The number of carbonyl (C=O) groups excluding carboxylic acids is 2. The molecule has 0 bridgehead atoms. The van der Waals surface area contributed by atoms with Crippen LogP contribution in [0.3, 0.4) is 0 Å². The number of benzene rings is 3. The average Bonchev–Trinajstić information content (AvgIpc) is 3.56. The van der Waals surface area contributed by atoms with E-state index < -0.39 is 17.7 Å². The summed E-state index contributed by atoms with van der Waals surface area (Å²) in [5.41, 5.74) is 3.25. The summed E-state index contributed by atoms with van der Waals surface area (Å²) in [5, 5.41) is 13.3. The second-order valence-corrected chi connectivity index (χ2v) is 10.0. The molecule has 5 rings (SSSR count). The van der Waals surface area contributed by atoms with E-state index in [9.17, 15) is 14.7 Å². The molecule has 7 heteroatoms. The van der Waals surface area contributed by atoms with Crippen LogP contribution in [-0.2, 0) is 22.7 Å². The molecule has 0 saturated carbocycles. The first kappa shape index (κ1) is 25.3. The summed E-state index contributed by atoms with van der Waals surface area (Å²) in [4.78, 5) is 28.8. The third kappa shape index (κ3) is 5.06. The van der Waals surface area contributed by atoms with Crippen molar-refractivity contribution in [3.8, 4) is 11.5 Å². The fourth-order valence-electron chi connectivity index (χ4n) is 4.56. The topological polar surface area (TPSA) is 76.1 Å². The highest BCUT2D eigenvalue weighted by atomic mass is 32.1. The second kappa shape index (κ2) is 10.9. The van der Waals surface area contributed by atoms with Crippen LogP contribution in [0.25, 0.3) is 5.76 Å². The Kier molecular flexibility index (Phi) is 7.29. The van der Waals surface area contributed by atoms with Crippen LogP contribution >= 0.6 is 11.3 Å². The molecule has 0 spiro atoms. The zero-order chi connectivity index (χ0) is 26.6. The van der Waals surface area contributed by atoms with Gasteiger partial charge in [0.1, 0.15) is 23.9 Å². The molecule has 1 fully saturated rings. The Morgan fingerprint density at radius 1 is 0.947 bits per heavy atom. The van der Waals surface area contributed by atoms with Gasteiger partial charge in [-0.2, -0.15) is 0 Å². The van der Waals surface area contributed by atoms with Gasteiger partial charge in [0.15, 0.2) is 0 Å². The lowest BCUT2D eigenvalue weighted by atomic mass is 9.98. The fourth-order valence-corrected chi connectivity index (χ4v) is 5.41. The molecule has 4 aromatic rings. The van der Waals surface area contributed by atoms with Crippen molar-refractivity contribution in [3.05, 3.63) is 123 Å². The molecule has 2 heterocycles. The van der Waals surface area contributed by atoms with Gasteiger partial charge < -0.3 is 19.5 Å². The molecule has 1 unspecified atom stereocenters. The number of aliphatic hydroxyl groups excluding tert-OH is 1. The molecule has 1 atom stereocenters. The van der Waals surface area contributed by atoms with Crippen LogP contribution in [-0.4, -0.2) is 28.8 Å². The first-order valence-corrected chi connectivity index (χ1v) is 13.1. The van der Waals surface area contributed by atoms with Crippen molar-refractivity contribution in [2.75, 3.05) is 7.11 Å². The SMILES string of the molecule is COc1ccc(CN2C(=O)C(=O)/C(=C(\O)c3ccc(OCc4ccccc4)c(C)c3)C2c2cccs2)cc1. The summed E-state index contributed by atoms with van der Waals surface area (Å²) in [6.45, 7) is 2.52. The monoisotopic (exact) mass is 525 g/mol. The number of ketones is 1. The Bertz CT molecular complexity index is 1480. The Morgan fingerprint density at radius 2 is 1.71 bits per heavy atom. The third-order valence-corrected chi connectivity index (χ3v) is 7.47. The van der Waals surface area contributed by atoms with Crippen molar-refractivity contribution in [2.45, 2.75) is 26.1 Å². The van der Waals surface area contributed by atoms with Crippen LogP contribution < -0.4 is 9.47 Å². The number of carbonyl (C=O) groups is 2. The Labute approximate surface area is 225 Å². The van der Waals surface area contributed by atoms with Crippen LogP contribution in [0.1, 0.15) is 33.2 Å². The van der Waals surface area contributed by atoms with Crippen LogP contribution in [0.5, 0.6) is 11.5 Å². The van der Waals surface area contributed by atoms with Crippen molar-refractivity contribution < 1.29 is 24.2 Å². The Hall–Kier alpha value is -4.36. The van der Waals surface area contributed by atoms with Gasteiger partial charge >= 0.3 is 0 Å². The molecule has 0 radical (unpaired) electrons. The van der Waals surface area contributed by atoms with E-state index in [2.05, 4.69) is 0 Å². The molecular weight excluding hydrogens is 498 g/mol. The van der Waals surface area contributed by atoms with Crippen LogP contribution in [0.2, 0.25) is 0 Å². The second-order valence-electron chi connectivity index (χ2n) is 9.05. The molecule has 1 aromatic heterocycles. The Balaban J connectivity index is 1.47. The fraction of sp³-hybridized carbons (Fsp3) is 0.161. The van der Waals surface area contributed by atoms with E-state index in [1.54, 1.807) is 25.3 Å². The summed E-state index contributed by atoms with van der Waals surface area (Å²) in [6.07, 6.45) is 0. The van der Waals surface area contributed by atoms with Gasteiger partial charge in [-0.3, -0.25) is 9.59 Å². The maximum absolute atomic E-state index is 13.3. The van der Waals surface area contributed by atoms with E-state index in [0.29, 0.717) is 23.7 Å². The van der Waals surface area contributed by atoms with E-state index in [4.69, 9.17) is 9.47 Å². The summed E-state index contributed by atoms with van der Waals surface area (Å²) in [7, 11) is 1.59. The van der Waals surface area contributed by atoms with Gasteiger partial charge in [-0.1, -0.05) is 48.5 Å². The molecular formula is C31H27NO5S. The molecule has 1 aliphatic rings. The minimum absolute atomic E-state index is 0.0864. The van der Waals surface area contributed by atoms with Gasteiger partial charge in [0.25, 0.3) is 11.7 Å². The van der Waals surface area contributed by atoms with Gasteiger partial charge in [0.05, 0.1) is 18.7 Å². The third-order valence-electron chi connectivity index (χ3n) is 6.55. The number of ether oxygens (including phenoxy) is 2. The van der Waals surface area contributed by atoms with Gasteiger partial charge in [-0.25, -0.2) is 0 Å². The predicted octanol–water partition coefficient (Wildman–Crippen LogP) is 6.27. The molecule has 192 valence electrons. The van der Waals surface area contributed by atoms with Crippen LogP contribution in [0.15, 0.2) is 95.9 Å². The van der Waals surface area contributed by atoms with E-state index >= 15 is 0 Å². The van der Waals surface area contributed by atoms with Gasteiger partial charge in [0, 0.05) is 17.0 Å². The van der Waals surface area contributed by atoms with Crippen molar-refractivity contribution in [3.63, 3.8) is 0 Å². The number of amides is 1. The highest BCUT2D eigenvalue weighted by Crippen LogP contribution is 2.42. The lowest BCUT2D eigenvalue weighted by Gasteiger charge is -2.24. The van der Waals surface area contributed by atoms with Crippen molar-refractivity contribution in [1.29, 1.82) is 0 Å². The van der Waals surface area contributed by atoms with E-state index in [1.165, 1.54) is 16.2 Å². The molecule has 1 aliphatic heterocycles. The van der Waals surface area contributed by atoms with Crippen molar-refractivity contribution >= 4 is 28.8 Å². The normalized spacial score (nSPS) is 16.6. The van der Waals surface area contributed by atoms with E-state index in [0.717, 1.165) is 21.6 Å². The standard InChI is InChI=1S/C31H27NO5S/c1-20-17-23(12-15-25(20)37-19-22-7-4-3-5-8-22)29(33)27-28(26-9-6-16-38-26)32(31(35)30(27)34)18-21-10-13-24(36-2)14-11-21/h3-17,28,33H,18-19H2,1-2H3/b29-27-. The number of hydrogen-bond donors (Lipinski definition) is 1. The number of rotatable bonds is 8. The summed E-state index contributed by atoms with van der Waals surface area (Å²) < 4.78 is 11.2. The van der Waals surface area contributed by atoms with Gasteiger partial charge in [-0.15, -0.1) is 11.3 Å². The average molecular weight is 526 g/mol. The van der Waals surface area contributed by atoms with E-state index in [-0.39, 0.29) is 17.9 Å². The molecule has 1 saturated heterocycles. The molecule has 6 nitrogen and oxygen atoms in total. The largest absolute Gasteiger partial charge is 0.507 e. The van der Waals surface area contributed by atoms with Crippen molar-refractivity contribution in [1.82, 2.24) is 4.90 Å². The number of nitrogens with zero attached hydrogens (tertiary/aromatic N) is 1. The molecule has 0 aliphatic carbocycles. The quantitative estimate of drug-likeness (QED) is 0.167. The van der Waals surface area contributed by atoms with Crippen LogP contribution in [0, 0.1) is 6.92 Å².